The van der Waals surface area contributed by atoms with Gasteiger partial charge < -0.3 is 36.9 Å². The van der Waals surface area contributed by atoms with Crippen molar-refractivity contribution in [3.63, 3.8) is 0 Å². The predicted octanol–water partition coefficient (Wildman–Crippen LogP) is -1.48. The van der Waals surface area contributed by atoms with Crippen LogP contribution in [0.3, 0.4) is 0 Å². The Morgan fingerprint density at radius 1 is 1.12 bits per heavy atom. The van der Waals surface area contributed by atoms with E-state index in [4.69, 9.17) is 10.8 Å². The summed E-state index contributed by atoms with van der Waals surface area (Å²) in [5, 5.41) is 26.4. The Kier molecular flexibility index (Phi) is 9.05. The molecule has 11 nitrogen and oxygen atoms in total. The van der Waals surface area contributed by atoms with Gasteiger partial charge in [0.05, 0.1) is 12.1 Å². The van der Waals surface area contributed by atoms with Crippen molar-refractivity contribution in [2.75, 3.05) is 12.3 Å². The van der Waals surface area contributed by atoms with Crippen molar-refractivity contribution in [2.24, 2.45) is 5.73 Å². The summed E-state index contributed by atoms with van der Waals surface area (Å²) in [7, 11) is 0. The number of fused-ring (bicyclic) bond motifs is 1. The van der Waals surface area contributed by atoms with Crippen molar-refractivity contribution < 1.29 is 29.4 Å². The zero-order chi connectivity index (χ0) is 23.8. The summed E-state index contributed by atoms with van der Waals surface area (Å²) in [6.45, 7) is 0.675. The Bertz CT molecular complexity index is 978. The van der Waals surface area contributed by atoms with E-state index in [-0.39, 0.29) is 12.2 Å². The maximum atomic E-state index is 12.6. The number of thiol groups is 1. The fourth-order valence-corrected chi connectivity index (χ4v) is 3.29. The number of rotatable bonds is 11. The molecular weight excluding hydrogens is 438 g/mol. The van der Waals surface area contributed by atoms with Crippen molar-refractivity contribution in [3.05, 3.63) is 36.0 Å². The molecule has 1 heterocycles. The number of aromatic amines is 1. The molecule has 12 heteroatoms. The Morgan fingerprint density at radius 2 is 1.81 bits per heavy atom. The molecule has 0 aliphatic rings. The number of aliphatic hydroxyl groups is 1. The Labute approximate surface area is 189 Å². The average molecular weight is 466 g/mol. The van der Waals surface area contributed by atoms with E-state index in [1.807, 2.05) is 24.3 Å². The smallest absolute Gasteiger partial charge is 0.322 e. The zero-order valence-electron chi connectivity index (χ0n) is 17.4. The molecular formula is C20H27N5O6S. The number of nitrogens with one attached hydrogen (secondary N) is 4. The number of carbonyl (C=O) groups excluding carboxylic acids is 3. The van der Waals surface area contributed by atoms with Crippen LogP contribution in [0.1, 0.15) is 12.5 Å². The molecule has 0 aliphatic carbocycles. The van der Waals surface area contributed by atoms with Crippen LogP contribution in [0.15, 0.2) is 30.5 Å². The lowest BCUT2D eigenvalue weighted by Gasteiger charge is -2.25. The highest BCUT2D eigenvalue weighted by Gasteiger charge is 2.31. The molecule has 0 saturated heterocycles. The topological polar surface area (TPSA) is 187 Å². The van der Waals surface area contributed by atoms with Gasteiger partial charge in [-0.2, -0.15) is 12.6 Å². The van der Waals surface area contributed by atoms with Crippen molar-refractivity contribution in [1.82, 2.24) is 20.9 Å². The monoisotopic (exact) mass is 465 g/mol. The number of hydrogen-bond donors (Lipinski definition) is 8. The third-order valence-electron chi connectivity index (χ3n) is 4.74. The first-order valence-corrected chi connectivity index (χ1v) is 10.5. The number of nitrogens with two attached hydrogens (primary N) is 1. The van der Waals surface area contributed by atoms with Crippen LogP contribution >= 0.6 is 12.6 Å². The molecule has 0 saturated carbocycles. The normalized spacial score (nSPS) is 14.8. The molecule has 4 unspecified atom stereocenters. The zero-order valence-corrected chi connectivity index (χ0v) is 18.3. The highest BCUT2D eigenvalue weighted by atomic mass is 32.1. The van der Waals surface area contributed by atoms with Crippen LogP contribution in [-0.2, 0) is 25.6 Å². The second kappa shape index (κ2) is 11.5. The van der Waals surface area contributed by atoms with E-state index in [2.05, 4.69) is 33.6 Å². The summed E-state index contributed by atoms with van der Waals surface area (Å²) < 4.78 is 0. The minimum Gasteiger partial charge on any atom is -0.480 e. The Morgan fingerprint density at radius 3 is 2.44 bits per heavy atom. The first-order valence-electron chi connectivity index (χ1n) is 9.83. The van der Waals surface area contributed by atoms with Crippen molar-refractivity contribution in [2.45, 2.75) is 37.6 Å². The fourth-order valence-electron chi connectivity index (χ4n) is 3.04. The summed E-state index contributed by atoms with van der Waals surface area (Å²) >= 11 is 3.98. The third kappa shape index (κ3) is 6.70. The van der Waals surface area contributed by atoms with Gasteiger partial charge in [-0.25, -0.2) is 0 Å². The first-order chi connectivity index (χ1) is 15.1. The molecule has 0 aliphatic heterocycles. The summed E-state index contributed by atoms with van der Waals surface area (Å²) in [6.07, 6.45) is 0.659. The van der Waals surface area contributed by atoms with Crippen molar-refractivity contribution >= 4 is 47.2 Å². The van der Waals surface area contributed by atoms with Gasteiger partial charge in [0.2, 0.25) is 17.7 Å². The van der Waals surface area contributed by atoms with E-state index in [0.29, 0.717) is 0 Å². The molecule has 0 bridgehead atoms. The molecule has 1 aromatic carbocycles. The van der Waals surface area contributed by atoms with E-state index in [0.717, 1.165) is 16.5 Å². The third-order valence-corrected chi connectivity index (χ3v) is 5.11. The summed E-state index contributed by atoms with van der Waals surface area (Å²) in [5.41, 5.74) is 7.74. The molecule has 8 N–H and O–H groups in total. The molecule has 0 radical (unpaired) electrons. The number of aliphatic carboxylic acids is 1. The minimum atomic E-state index is -1.38. The van der Waals surface area contributed by atoms with Gasteiger partial charge in [0.25, 0.3) is 0 Å². The summed E-state index contributed by atoms with van der Waals surface area (Å²) in [5.74, 6) is -3.63. The van der Waals surface area contributed by atoms with Gasteiger partial charge in [-0.1, -0.05) is 18.2 Å². The number of aliphatic hydroxyl groups excluding tert-OH is 1. The number of carbonyl (C=O) groups is 4. The molecule has 174 valence electrons. The molecule has 1 aromatic heterocycles. The van der Waals surface area contributed by atoms with E-state index in [9.17, 15) is 24.3 Å². The quantitative estimate of drug-likeness (QED) is 0.186. The second-order valence-electron chi connectivity index (χ2n) is 7.25. The number of aromatic nitrogens is 1. The predicted molar refractivity (Wildman–Crippen MR) is 120 cm³/mol. The van der Waals surface area contributed by atoms with Gasteiger partial charge in [0.1, 0.15) is 18.6 Å². The standard InChI is InChI=1S/C20H27N5O6S/c1-10(26)17(20(31)24-15(9-32)19(30)23-8-16(27)28)25-18(29)13(21)6-11-7-22-14-5-3-2-4-12(11)14/h2-5,7,10,13,15,17,22,26,32H,6,8-9,21H2,1H3,(H,23,30)(H,24,31)(H,25,29)(H,27,28). The van der Waals surface area contributed by atoms with Gasteiger partial charge >= 0.3 is 5.97 Å². The molecule has 32 heavy (non-hydrogen) atoms. The maximum absolute atomic E-state index is 12.6. The number of benzene rings is 1. The first kappa shape index (κ1) is 25.2. The van der Waals surface area contributed by atoms with Gasteiger partial charge in [0.15, 0.2) is 0 Å². The van der Waals surface area contributed by atoms with Crippen LogP contribution in [0.4, 0.5) is 0 Å². The molecule has 0 fully saturated rings. The highest BCUT2D eigenvalue weighted by molar-refractivity contribution is 7.80. The van der Waals surface area contributed by atoms with Crippen LogP contribution in [0.2, 0.25) is 0 Å². The van der Waals surface area contributed by atoms with E-state index in [1.54, 1.807) is 6.20 Å². The van der Waals surface area contributed by atoms with E-state index in [1.165, 1.54) is 6.92 Å². The number of amides is 3. The minimum absolute atomic E-state index is 0.127. The second-order valence-corrected chi connectivity index (χ2v) is 7.62. The fraction of sp³-hybridized carbons (Fsp3) is 0.400. The average Bonchev–Trinajstić information content (AvgIpc) is 3.16. The van der Waals surface area contributed by atoms with Crippen molar-refractivity contribution in [1.29, 1.82) is 0 Å². The van der Waals surface area contributed by atoms with Crippen LogP contribution < -0.4 is 21.7 Å². The lowest BCUT2D eigenvalue weighted by atomic mass is 10.0. The van der Waals surface area contributed by atoms with Gasteiger partial charge in [0, 0.05) is 22.9 Å². The van der Waals surface area contributed by atoms with Gasteiger partial charge in [-0.15, -0.1) is 0 Å². The van der Waals surface area contributed by atoms with Gasteiger partial charge in [-0.05, 0) is 25.0 Å². The number of para-hydroxylation sites is 1. The molecule has 4 atom stereocenters. The van der Waals surface area contributed by atoms with Crippen LogP contribution in [-0.4, -0.2) is 75.4 Å². The Balaban J connectivity index is 2.01. The van der Waals surface area contributed by atoms with E-state index >= 15 is 0 Å². The summed E-state index contributed by atoms with van der Waals surface area (Å²) in [6, 6.07) is 3.98. The van der Waals surface area contributed by atoms with Crippen LogP contribution in [0.25, 0.3) is 10.9 Å². The maximum Gasteiger partial charge on any atom is 0.322 e. The van der Waals surface area contributed by atoms with Crippen LogP contribution in [0, 0.1) is 0 Å². The van der Waals surface area contributed by atoms with Gasteiger partial charge in [-0.3, -0.25) is 19.2 Å². The number of carboxylic acids is 1. The number of hydrogen-bond acceptors (Lipinski definition) is 7. The number of H-pyrrole nitrogens is 1. The highest BCUT2D eigenvalue weighted by Crippen LogP contribution is 2.18. The van der Waals surface area contributed by atoms with Crippen LogP contribution in [0.5, 0.6) is 0 Å². The lowest BCUT2D eigenvalue weighted by molar-refractivity contribution is -0.138. The molecule has 2 rings (SSSR count). The lowest BCUT2D eigenvalue weighted by Crippen LogP contribution is -2.59. The summed E-state index contributed by atoms with van der Waals surface area (Å²) in [4.78, 5) is 50.9. The SMILES string of the molecule is CC(O)C(NC(=O)C(N)Cc1c[nH]c2ccccc12)C(=O)NC(CS)C(=O)NCC(=O)O. The Hall–Kier alpha value is -3.09. The van der Waals surface area contributed by atoms with E-state index < -0.39 is 54.5 Å². The largest absolute Gasteiger partial charge is 0.480 e. The molecule has 2 aromatic rings. The van der Waals surface area contributed by atoms with Crippen molar-refractivity contribution in [3.8, 4) is 0 Å². The molecule has 0 spiro atoms. The number of carboxylic acid groups (broad SMARTS) is 1. The molecule has 3 amide bonds.